The number of hydrogen-bond donors (Lipinski definition) is 2. The smallest absolute Gasteiger partial charge is 0.262 e. The molecular formula is C24H26N2O3S. The van der Waals surface area contributed by atoms with Crippen LogP contribution in [0, 0.1) is 5.92 Å². The van der Waals surface area contributed by atoms with E-state index in [0.29, 0.717) is 22.1 Å². The van der Waals surface area contributed by atoms with Crippen LogP contribution < -0.4 is 15.4 Å². The Morgan fingerprint density at radius 1 is 1.17 bits per heavy atom. The fourth-order valence-corrected chi connectivity index (χ4v) is 4.87. The Morgan fingerprint density at radius 2 is 1.93 bits per heavy atom. The van der Waals surface area contributed by atoms with E-state index in [1.165, 1.54) is 18.2 Å². The minimum Gasteiger partial charge on any atom is -0.497 e. The predicted octanol–water partition coefficient (Wildman–Crippen LogP) is 5.09. The molecule has 0 aromatic heterocycles. The maximum Gasteiger partial charge on any atom is 0.262 e. The zero-order valence-electron chi connectivity index (χ0n) is 17.2. The zero-order valence-corrected chi connectivity index (χ0v) is 18.1. The van der Waals surface area contributed by atoms with Gasteiger partial charge in [0.25, 0.3) is 11.8 Å². The third-order valence-corrected chi connectivity index (χ3v) is 6.87. The lowest BCUT2D eigenvalue weighted by atomic mass is 9.86. The van der Waals surface area contributed by atoms with Crippen LogP contribution in [-0.4, -0.2) is 25.0 Å². The first-order valence-corrected chi connectivity index (χ1v) is 11.1. The van der Waals surface area contributed by atoms with Crippen LogP contribution in [0.25, 0.3) is 6.08 Å². The molecule has 0 unspecified atom stereocenters. The summed E-state index contributed by atoms with van der Waals surface area (Å²) in [4.78, 5) is 26.9. The van der Waals surface area contributed by atoms with E-state index in [9.17, 15) is 9.59 Å². The summed E-state index contributed by atoms with van der Waals surface area (Å²) in [6.45, 7) is 2.20. The number of carbonyl (C=O) groups is 2. The van der Waals surface area contributed by atoms with Gasteiger partial charge < -0.3 is 15.4 Å². The first-order valence-electron chi connectivity index (χ1n) is 10.3. The standard InChI is InChI=1S/C24H26N2O3S/c1-15-5-3-4-6-19(15)25-23(27)17-9-12-21-20(14-17)26-24(28)22(30-21)13-16-7-10-18(29-2)11-8-16/h7-15,19H,3-6H2,1-2H3,(H,25,27)(H,26,28)/b22-13+/t15-,19+/m1/s1. The largest absolute Gasteiger partial charge is 0.497 e. The van der Waals surface area contributed by atoms with Crippen molar-refractivity contribution in [3.8, 4) is 5.75 Å². The summed E-state index contributed by atoms with van der Waals surface area (Å²) >= 11 is 1.41. The van der Waals surface area contributed by atoms with Gasteiger partial charge in [-0.2, -0.15) is 0 Å². The van der Waals surface area contributed by atoms with Gasteiger partial charge in [-0.3, -0.25) is 9.59 Å². The third-order valence-electron chi connectivity index (χ3n) is 5.78. The van der Waals surface area contributed by atoms with Crippen molar-refractivity contribution in [2.24, 2.45) is 5.92 Å². The number of amides is 2. The van der Waals surface area contributed by atoms with Crippen molar-refractivity contribution in [2.75, 3.05) is 12.4 Å². The second-order valence-corrected chi connectivity index (χ2v) is 8.97. The van der Waals surface area contributed by atoms with Crippen LogP contribution in [0.1, 0.15) is 48.5 Å². The molecule has 1 saturated carbocycles. The molecule has 0 radical (unpaired) electrons. The average molecular weight is 423 g/mol. The monoisotopic (exact) mass is 422 g/mol. The van der Waals surface area contributed by atoms with E-state index >= 15 is 0 Å². The van der Waals surface area contributed by atoms with Crippen molar-refractivity contribution in [1.29, 1.82) is 0 Å². The second-order valence-electron chi connectivity index (χ2n) is 7.89. The van der Waals surface area contributed by atoms with Crippen molar-refractivity contribution < 1.29 is 14.3 Å². The highest BCUT2D eigenvalue weighted by Crippen LogP contribution is 2.39. The molecule has 1 aliphatic carbocycles. The van der Waals surface area contributed by atoms with Gasteiger partial charge in [0.2, 0.25) is 0 Å². The fraction of sp³-hybridized carbons (Fsp3) is 0.333. The lowest BCUT2D eigenvalue weighted by Crippen LogP contribution is -2.41. The van der Waals surface area contributed by atoms with Gasteiger partial charge in [0.1, 0.15) is 5.75 Å². The Kier molecular flexibility index (Phi) is 6.13. The van der Waals surface area contributed by atoms with E-state index in [0.717, 1.165) is 35.5 Å². The van der Waals surface area contributed by atoms with Gasteiger partial charge in [0, 0.05) is 16.5 Å². The van der Waals surface area contributed by atoms with Crippen molar-refractivity contribution >= 4 is 35.3 Å². The van der Waals surface area contributed by atoms with Crippen molar-refractivity contribution in [3.63, 3.8) is 0 Å². The maximum atomic E-state index is 12.7. The van der Waals surface area contributed by atoms with Crippen LogP contribution in [0.4, 0.5) is 5.69 Å². The highest BCUT2D eigenvalue weighted by atomic mass is 32.2. The maximum absolute atomic E-state index is 12.7. The number of rotatable bonds is 4. The molecule has 6 heteroatoms. The lowest BCUT2D eigenvalue weighted by Gasteiger charge is -2.29. The van der Waals surface area contributed by atoms with Crippen LogP contribution >= 0.6 is 11.8 Å². The predicted molar refractivity (Wildman–Crippen MR) is 121 cm³/mol. The first-order chi connectivity index (χ1) is 14.5. The molecular weight excluding hydrogens is 396 g/mol. The van der Waals surface area contributed by atoms with Crippen LogP contribution in [0.5, 0.6) is 5.75 Å². The molecule has 30 heavy (non-hydrogen) atoms. The Morgan fingerprint density at radius 3 is 2.67 bits per heavy atom. The number of carbonyl (C=O) groups excluding carboxylic acids is 2. The van der Waals surface area contributed by atoms with E-state index < -0.39 is 0 Å². The van der Waals surface area contributed by atoms with Crippen molar-refractivity contribution in [3.05, 3.63) is 58.5 Å². The summed E-state index contributed by atoms with van der Waals surface area (Å²) in [5.41, 5.74) is 2.19. The number of thioether (sulfide) groups is 1. The number of benzene rings is 2. The Balaban J connectivity index is 1.49. The van der Waals surface area contributed by atoms with Gasteiger partial charge in [-0.15, -0.1) is 0 Å². The SMILES string of the molecule is COc1ccc(/C=C2/Sc3ccc(C(=O)N[C@H]4CCCC[C@H]4C)cc3NC2=O)cc1. The van der Waals surface area contributed by atoms with Crippen molar-refractivity contribution in [2.45, 2.75) is 43.5 Å². The highest BCUT2D eigenvalue weighted by Gasteiger charge is 2.25. The zero-order chi connectivity index (χ0) is 21.1. The molecule has 1 fully saturated rings. The second kappa shape index (κ2) is 8.96. The van der Waals surface area contributed by atoms with E-state index in [-0.39, 0.29) is 17.9 Å². The molecule has 4 rings (SSSR count). The van der Waals surface area contributed by atoms with Crippen LogP contribution in [0.3, 0.4) is 0 Å². The molecule has 2 atom stereocenters. The molecule has 0 spiro atoms. The van der Waals surface area contributed by atoms with E-state index in [4.69, 9.17) is 4.74 Å². The minimum absolute atomic E-state index is 0.0737. The summed E-state index contributed by atoms with van der Waals surface area (Å²) < 4.78 is 5.17. The van der Waals surface area contributed by atoms with Crippen LogP contribution in [-0.2, 0) is 4.79 Å². The molecule has 2 amide bonds. The molecule has 2 aromatic rings. The molecule has 0 bridgehead atoms. The fourth-order valence-electron chi connectivity index (χ4n) is 3.94. The quantitative estimate of drug-likeness (QED) is 0.674. The number of fused-ring (bicyclic) bond motifs is 1. The van der Waals surface area contributed by atoms with Crippen LogP contribution in [0.2, 0.25) is 0 Å². The highest BCUT2D eigenvalue weighted by molar-refractivity contribution is 8.04. The van der Waals surface area contributed by atoms with Crippen LogP contribution in [0.15, 0.2) is 52.3 Å². The van der Waals surface area contributed by atoms with Gasteiger partial charge in [0.15, 0.2) is 0 Å². The normalized spacial score (nSPS) is 22.2. The Bertz CT molecular complexity index is 984. The first kappa shape index (κ1) is 20.5. The number of methoxy groups -OCH3 is 1. The number of hydrogen-bond acceptors (Lipinski definition) is 4. The number of ether oxygens (including phenoxy) is 1. The van der Waals surface area contributed by atoms with E-state index in [1.54, 1.807) is 13.2 Å². The van der Waals surface area contributed by atoms with Gasteiger partial charge >= 0.3 is 0 Å². The number of anilines is 1. The summed E-state index contributed by atoms with van der Waals surface area (Å²) in [7, 11) is 1.62. The van der Waals surface area contributed by atoms with E-state index in [1.807, 2.05) is 42.5 Å². The topological polar surface area (TPSA) is 67.4 Å². The van der Waals surface area contributed by atoms with Gasteiger partial charge in [-0.05, 0) is 60.7 Å². The summed E-state index contributed by atoms with van der Waals surface area (Å²) in [6.07, 6.45) is 6.44. The average Bonchev–Trinajstić information content (AvgIpc) is 2.76. The third kappa shape index (κ3) is 4.54. The Labute approximate surface area is 181 Å². The van der Waals surface area contributed by atoms with Gasteiger partial charge in [-0.1, -0.05) is 43.7 Å². The molecule has 2 N–H and O–H groups in total. The molecule has 2 aromatic carbocycles. The molecule has 5 nitrogen and oxygen atoms in total. The Hall–Kier alpha value is -2.73. The van der Waals surface area contributed by atoms with Gasteiger partial charge in [-0.25, -0.2) is 0 Å². The summed E-state index contributed by atoms with van der Waals surface area (Å²) in [6, 6.07) is 13.3. The molecule has 156 valence electrons. The minimum atomic E-state index is -0.165. The van der Waals surface area contributed by atoms with Gasteiger partial charge in [0.05, 0.1) is 17.7 Å². The van der Waals surface area contributed by atoms with E-state index in [2.05, 4.69) is 17.6 Å². The van der Waals surface area contributed by atoms with Crippen molar-refractivity contribution in [1.82, 2.24) is 5.32 Å². The number of nitrogens with one attached hydrogen (secondary N) is 2. The molecule has 1 heterocycles. The lowest BCUT2D eigenvalue weighted by molar-refractivity contribution is -0.112. The molecule has 0 saturated heterocycles. The molecule has 2 aliphatic rings. The summed E-state index contributed by atoms with van der Waals surface area (Å²) in [5, 5.41) is 6.10. The summed E-state index contributed by atoms with van der Waals surface area (Å²) in [5.74, 6) is 1.04. The molecule has 1 aliphatic heterocycles.